The van der Waals surface area contributed by atoms with Gasteiger partial charge >= 0.3 is 0 Å². The zero-order chi connectivity index (χ0) is 19.5. The zero-order valence-electron chi connectivity index (χ0n) is 15.8. The second-order valence-corrected chi connectivity index (χ2v) is 8.11. The van der Waals surface area contributed by atoms with Gasteiger partial charge in [0.15, 0.2) is 0 Å². The predicted molar refractivity (Wildman–Crippen MR) is 103 cm³/mol. The van der Waals surface area contributed by atoms with Crippen molar-refractivity contribution in [3.8, 4) is 11.5 Å². The highest BCUT2D eigenvalue weighted by atomic mass is 19.1. The normalized spacial score (nSPS) is 25.0. The maximum absolute atomic E-state index is 13.7. The number of ether oxygens (including phenoxy) is 2. The lowest BCUT2D eigenvalue weighted by atomic mass is 9.89. The summed E-state index contributed by atoms with van der Waals surface area (Å²) in [4.78, 5) is 0. The monoisotopic (exact) mass is 378 g/mol. The van der Waals surface area contributed by atoms with Crippen LogP contribution in [0.4, 0.5) is 8.78 Å². The Labute approximate surface area is 162 Å². The number of benzene rings is 3. The van der Waals surface area contributed by atoms with Crippen LogP contribution in [-0.4, -0.2) is 0 Å². The third kappa shape index (κ3) is 2.67. The zero-order valence-corrected chi connectivity index (χ0v) is 15.8. The van der Waals surface area contributed by atoms with Gasteiger partial charge in [-0.1, -0.05) is 24.3 Å². The van der Waals surface area contributed by atoms with Gasteiger partial charge in [-0.25, -0.2) is 8.78 Å². The molecule has 2 aliphatic heterocycles. The predicted octanol–water partition coefficient (Wildman–Crippen LogP) is 5.67. The highest BCUT2D eigenvalue weighted by Crippen LogP contribution is 2.49. The molecule has 0 fully saturated rings. The van der Waals surface area contributed by atoms with E-state index in [-0.39, 0.29) is 11.6 Å². The first kappa shape index (κ1) is 17.2. The van der Waals surface area contributed by atoms with Crippen molar-refractivity contribution in [3.05, 3.63) is 94.6 Å². The topological polar surface area (TPSA) is 18.5 Å². The van der Waals surface area contributed by atoms with Crippen LogP contribution in [-0.2, 0) is 24.0 Å². The fraction of sp³-hybridized carbons (Fsp3) is 0.250. The van der Waals surface area contributed by atoms with Crippen LogP contribution in [0.5, 0.6) is 11.5 Å². The van der Waals surface area contributed by atoms with Gasteiger partial charge in [0.2, 0.25) is 0 Å². The van der Waals surface area contributed by atoms with E-state index in [2.05, 4.69) is 0 Å². The fourth-order valence-corrected chi connectivity index (χ4v) is 4.35. The molecule has 3 aromatic rings. The van der Waals surface area contributed by atoms with Crippen LogP contribution in [0.25, 0.3) is 0 Å². The van der Waals surface area contributed by atoms with Crippen molar-refractivity contribution in [2.45, 2.75) is 37.9 Å². The lowest BCUT2D eigenvalue weighted by Crippen LogP contribution is -2.27. The third-order valence-corrected chi connectivity index (χ3v) is 5.84. The van der Waals surface area contributed by atoms with Gasteiger partial charge in [0.1, 0.15) is 34.3 Å². The van der Waals surface area contributed by atoms with Crippen LogP contribution in [0.2, 0.25) is 0 Å². The second-order valence-electron chi connectivity index (χ2n) is 8.11. The van der Waals surface area contributed by atoms with Crippen LogP contribution >= 0.6 is 0 Å². The molecule has 0 N–H and O–H groups in total. The Morgan fingerprint density at radius 3 is 1.50 bits per heavy atom. The molecule has 0 aliphatic carbocycles. The summed E-state index contributed by atoms with van der Waals surface area (Å²) in [7, 11) is 0. The molecule has 0 radical (unpaired) electrons. The van der Waals surface area contributed by atoms with Crippen LogP contribution in [0.3, 0.4) is 0 Å². The lowest BCUT2D eigenvalue weighted by molar-refractivity contribution is 0.113. The van der Waals surface area contributed by atoms with Gasteiger partial charge < -0.3 is 9.47 Å². The van der Waals surface area contributed by atoms with Crippen molar-refractivity contribution in [1.82, 2.24) is 0 Å². The van der Waals surface area contributed by atoms with E-state index in [1.807, 2.05) is 38.1 Å². The van der Waals surface area contributed by atoms with Crippen LogP contribution < -0.4 is 9.47 Å². The molecular weight excluding hydrogens is 358 g/mol. The van der Waals surface area contributed by atoms with Gasteiger partial charge in [0.05, 0.1) is 0 Å². The van der Waals surface area contributed by atoms with Crippen molar-refractivity contribution in [3.63, 3.8) is 0 Å². The van der Waals surface area contributed by atoms with Gasteiger partial charge in [0, 0.05) is 24.0 Å². The third-order valence-electron chi connectivity index (χ3n) is 5.84. The molecule has 4 heteroatoms. The average Bonchev–Trinajstić information content (AvgIpc) is 3.15. The van der Waals surface area contributed by atoms with E-state index in [1.54, 1.807) is 12.1 Å². The summed E-state index contributed by atoms with van der Waals surface area (Å²) in [6, 6.07) is 17.1. The molecule has 3 aromatic carbocycles. The Hall–Kier alpha value is -2.88. The minimum atomic E-state index is -0.606. The molecule has 2 nitrogen and oxygen atoms in total. The molecule has 2 atom stereocenters. The fourth-order valence-electron chi connectivity index (χ4n) is 4.35. The smallest absolute Gasteiger partial charge is 0.135 e. The Morgan fingerprint density at radius 1 is 0.679 bits per heavy atom. The quantitative estimate of drug-likeness (QED) is 0.572. The molecule has 0 saturated heterocycles. The Kier molecular flexibility index (Phi) is 3.57. The van der Waals surface area contributed by atoms with Crippen molar-refractivity contribution in [2.24, 2.45) is 0 Å². The summed E-state index contributed by atoms with van der Waals surface area (Å²) in [5.74, 6) is 1.07. The summed E-state index contributed by atoms with van der Waals surface area (Å²) in [5, 5.41) is 0. The van der Waals surface area contributed by atoms with Gasteiger partial charge in [-0.2, -0.15) is 0 Å². The first-order valence-electron chi connectivity index (χ1n) is 9.41. The molecule has 0 bridgehead atoms. The first-order chi connectivity index (χ1) is 13.3. The summed E-state index contributed by atoms with van der Waals surface area (Å²) in [6.07, 6.45) is 1.28. The molecule has 28 heavy (non-hydrogen) atoms. The number of rotatable bonds is 2. The molecular formula is C24H20F2O2. The minimum absolute atomic E-state index is 0.269. The maximum atomic E-state index is 13.7. The molecule has 2 aliphatic rings. The summed E-state index contributed by atoms with van der Waals surface area (Å²) < 4.78 is 39.9. The van der Waals surface area contributed by atoms with E-state index < -0.39 is 11.2 Å². The molecule has 0 spiro atoms. The molecule has 0 unspecified atom stereocenters. The standard InChI is InChI=1S/C24H20F2O2/c1-23(17-5-3-7-19(25)11-17)13-15-9-22-16(10-21(15)27-23)14-24(2,28-22)18-6-4-8-20(26)12-18/h3-12H,13-14H2,1-2H3/t23-,24-/m0/s1. The van der Waals surface area contributed by atoms with Crippen molar-refractivity contribution in [1.29, 1.82) is 0 Å². The highest BCUT2D eigenvalue weighted by molar-refractivity contribution is 5.53. The van der Waals surface area contributed by atoms with Crippen molar-refractivity contribution in [2.75, 3.05) is 0 Å². The van der Waals surface area contributed by atoms with Gasteiger partial charge in [-0.05, 0) is 61.4 Å². The summed E-state index contributed by atoms with van der Waals surface area (Å²) >= 11 is 0. The van der Waals surface area contributed by atoms with E-state index in [0.29, 0.717) is 12.8 Å². The van der Waals surface area contributed by atoms with Crippen LogP contribution in [0.15, 0.2) is 60.7 Å². The first-order valence-corrected chi connectivity index (χ1v) is 9.41. The SMILES string of the molecule is C[C@@]1(c2cccc(F)c2)Cc2cc3c(cc2O1)C[C@@](C)(c1cccc(F)c1)O3. The molecule has 0 saturated carbocycles. The molecule has 0 aromatic heterocycles. The van der Waals surface area contributed by atoms with Crippen molar-refractivity contribution >= 4 is 0 Å². The van der Waals surface area contributed by atoms with E-state index in [9.17, 15) is 8.78 Å². The van der Waals surface area contributed by atoms with E-state index in [0.717, 1.165) is 33.8 Å². The number of fused-ring (bicyclic) bond motifs is 2. The second kappa shape index (κ2) is 5.81. The number of hydrogen-bond acceptors (Lipinski definition) is 2. The van der Waals surface area contributed by atoms with E-state index in [1.165, 1.54) is 24.3 Å². The van der Waals surface area contributed by atoms with Gasteiger partial charge in [-0.15, -0.1) is 0 Å². The number of halogens is 2. The summed E-state index contributed by atoms with van der Waals surface area (Å²) in [5.41, 5.74) is 2.49. The van der Waals surface area contributed by atoms with E-state index >= 15 is 0 Å². The van der Waals surface area contributed by atoms with Crippen LogP contribution in [0.1, 0.15) is 36.1 Å². The highest BCUT2D eigenvalue weighted by Gasteiger charge is 2.41. The molecule has 2 heterocycles. The largest absolute Gasteiger partial charge is 0.482 e. The van der Waals surface area contributed by atoms with Gasteiger partial charge in [0.25, 0.3) is 0 Å². The minimum Gasteiger partial charge on any atom is -0.482 e. The molecule has 142 valence electrons. The van der Waals surface area contributed by atoms with E-state index in [4.69, 9.17) is 9.47 Å². The summed E-state index contributed by atoms with van der Waals surface area (Å²) in [6.45, 7) is 3.95. The molecule has 0 amide bonds. The average molecular weight is 378 g/mol. The number of hydrogen-bond donors (Lipinski definition) is 0. The van der Waals surface area contributed by atoms with Crippen molar-refractivity contribution < 1.29 is 18.3 Å². The Morgan fingerprint density at radius 2 is 1.11 bits per heavy atom. The maximum Gasteiger partial charge on any atom is 0.135 e. The van der Waals surface area contributed by atoms with Gasteiger partial charge in [-0.3, -0.25) is 0 Å². The Bertz CT molecular complexity index is 972. The van der Waals surface area contributed by atoms with Crippen LogP contribution in [0, 0.1) is 11.6 Å². The lowest BCUT2D eigenvalue weighted by Gasteiger charge is -2.25. The molecule has 5 rings (SSSR count). The Balaban J connectivity index is 1.46.